The minimum Gasteiger partial charge on any atom is -0.381 e. The van der Waals surface area contributed by atoms with Gasteiger partial charge in [0.25, 0.3) is 0 Å². The summed E-state index contributed by atoms with van der Waals surface area (Å²) in [5.41, 5.74) is -0.180. The quantitative estimate of drug-likeness (QED) is 0.696. The standard InChI is InChI=1S/C25H38O3/c1-17(26)6-5-12-25(27)15-14-23(2)18(16-25)7-8-19-20-9-10-22(28-4)24(20,3)13-11-21(19)23/h18-22,27H,6-11,13-16H2,1-4H3/t18-,19+,20+,21+,22+,23+,24+,25-/m1/s1. The molecule has 0 aliphatic heterocycles. The fourth-order valence-corrected chi connectivity index (χ4v) is 8.03. The van der Waals surface area contributed by atoms with Gasteiger partial charge in [0.15, 0.2) is 0 Å². The summed E-state index contributed by atoms with van der Waals surface area (Å²) in [5.74, 6) is 9.08. The molecule has 4 saturated carbocycles. The van der Waals surface area contributed by atoms with Crippen molar-refractivity contribution in [3.05, 3.63) is 0 Å². The smallest absolute Gasteiger partial charge is 0.141 e. The van der Waals surface area contributed by atoms with Crippen LogP contribution in [0.3, 0.4) is 0 Å². The zero-order valence-corrected chi connectivity index (χ0v) is 18.2. The molecule has 0 amide bonds. The fraction of sp³-hybridized carbons (Fsp3) is 0.880. The van der Waals surface area contributed by atoms with E-state index in [1.807, 2.05) is 7.11 Å². The molecule has 3 nitrogen and oxygen atoms in total. The summed E-state index contributed by atoms with van der Waals surface area (Å²) in [7, 11) is 1.90. The van der Waals surface area contributed by atoms with Crippen molar-refractivity contribution in [3.8, 4) is 11.8 Å². The van der Waals surface area contributed by atoms with Gasteiger partial charge in [-0.15, -0.1) is 0 Å². The molecule has 0 spiro atoms. The summed E-state index contributed by atoms with van der Waals surface area (Å²) in [4.78, 5) is 11.2. The summed E-state index contributed by atoms with van der Waals surface area (Å²) in [6.45, 7) is 6.57. The molecule has 4 aliphatic rings. The van der Waals surface area contributed by atoms with Crippen molar-refractivity contribution < 1.29 is 14.6 Å². The van der Waals surface area contributed by atoms with E-state index in [4.69, 9.17) is 4.74 Å². The third-order valence-corrected chi connectivity index (χ3v) is 9.58. The van der Waals surface area contributed by atoms with Gasteiger partial charge in [-0.25, -0.2) is 0 Å². The first-order valence-corrected chi connectivity index (χ1v) is 11.5. The van der Waals surface area contributed by atoms with E-state index in [2.05, 4.69) is 25.7 Å². The number of carbonyl (C=O) groups is 1. The Bertz CT molecular complexity index is 690. The fourth-order valence-electron chi connectivity index (χ4n) is 8.03. The SMILES string of the molecule is CO[C@H]1CC[C@H]2[C@@H]3CC[C@@H]4C[C@@](O)(C#CCC(C)=O)CC[C@]4(C)[C@H]3CC[C@]12C. The van der Waals surface area contributed by atoms with Crippen molar-refractivity contribution in [1.82, 2.24) is 0 Å². The molecular weight excluding hydrogens is 348 g/mol. The predicted octanol–water partition coefficient (Wildman–Crippen LogP) is 4.76. The molecule has 4 fully saturated rings. The first-order valence-electron chi connectivity index (χ1n) is 11.5. The van der Waals surface area contributed by atoms with Crippen LogP contribution in [-0.4, -0.2) is 29.7 Å². The Kier molecular flexibility index (Phi) is 5.20. The van der Waals surface area contributed by atoms with E-state index in [-0.39, 0.29) is 12.2 Å². The van der Waals surface area contributed by atoms with E-state index in [1.165, 1.54) is 38.5 Å². The Hall–Kier alpha value is -0.850. The summed E-state index contributed by atoms with van der Waals surface area (Å²) >= 11 is 0. The van der Waals surface area contributed by atoms with Crippen LogP contribution in [0.1, 0.15) is 85.0 Å². The average Bonchev–Trinajstić information content (AvgIpc) is 2.98. The molecule has 0 radical (unpaired) electrons. The lowest BCUT2D eigenvalue weighted by Gasteiger charge is -2.61. The number of methoxy groups -OCH3 is 1. The molecule has 28 heavy (non-hydrogen) atoms. The Morgan fingerprint density at radius 1 is 1.04 bits per heavy atom. The molecule has 0 saturated heterocycles. The lowest BCUT2D eigenvalue weighted by molar-refractivity contribution is -0.146. The van der Waals surface area contributed by atoms with Gasteiger partial charge in [0, 0.05) is 7.11 Å². The third-order valence-electron chi connectivity index (χ3n) is 9.58. The van der Waals surface area contributed by atoms with Gasteiger partial charge in [-0.1, -0.05) is 25.7 Å². The maximum Gasteiger partial charge on any atom is 0.141 e. The van der Waals surface area contributed by atoms with Crippen LogP contribution < -0.4 is 0 Å². The number of aliphatic hydroxyl groups is 1. The van der Waals surface area contributed by atoms with Crippen molar-refractivity contribution in [3.63, 3.8) is 0 Å². The van der Waals surface area contributed by atoms with E-state index in [0.717, 1.165) is 37.0 Å². The maximum atomic E-state index is 11.2. The normalized spacial score (nSPS) is 50.0. The highest BCUT2D eigenvalue weighted by Crippen LogP contribution is 2.67. The molecule has 0 aromatic heterocycles. The topological polar surface area (TPSA) is 46.5 Å². The largest absolute Gasteiger partial charge is 0.381 e. The van der Waals surface area contributed by atoms with Gasteiger partial charge < -0.3 is 9.84 Å². The Labute approximate surface area is 171 Å². The summed E-state index contributed by atoms with van der Waals surface area (Å²) in [6, 6.07) is 0. The average molecular weight is 387 g/mol. The molecule has 4 rings (SSSR count). The van der Waals surface area contributed by atoms with Crippen molar-refractivity contribution in [2.45, 2.75) is 96.7 Å². The van der Waals surface area contributed by atoms with Crippen LogP contribution in [0.2, 0.25) is 0 Å². The monoisotopic (exact) mass is 386 g/mol. The van der Waals surface area contributed by atoms with Crippen LogP contribution in [0, 0.1) is 46.3 Å². The lowest BCUT2D eigenvalue weighted by Crippen LogP contribution is -2.56. The van der Waals surface area contributed by atoms with Crippen LogP contribution in [-0.2, 0) is 9.53 Å². The molecule has 0 bridgehead atoms. The van der Waals surface area contributed by atoms with Crippen molar-refractivity contribution in [2.24, 2.45) is 34.5 Å². The molecule has 1 N–H and O–H groups in total. The number of ether oxygens (including phenoxy) is 1. The third kappa shape index (κ3) is 3.16. The summed E-state index contributed by atoms with van der Waals surface area (Å²) < 4.78 is 5.90. The first kappa shape index (κ1) is 20.4. The highest BCUT2D eigenvalue weighted by atomic mass is 16.5. The molecule has 0 aromatic carbocycles. The number of fused-ring (bicyclic) bond motifs is 5. The van der Waals surface area contributed by atoms with Crippen molar-refractivity contribution in [1.29, 1.82) is 0 Å². The summed E-state index contributed by atoms with van der Waals surface area (Å²) in [6.07, 6.45) is 11.0. The molecule has 4 aliphatic carbocycles. The first-order chi connectivity index (χ1) is 13.2. The molecular formula is C25H38O3. The second-order valence-corrected chi connectivity index (χ2v) is 10.9. The molecule has 3 heteroatoms. The number of carbonyl (C=O) groups excluding carboxylic acids is 1. The van der Waals surface area contributed by atoms with Gasteiger partial charge in [0.05, 0.1) is 12.5 Å². The van der Waals surface area contributed by atoms with Gasteiger partial charge in [0.1, 0.15) is 11.4 Å². The zero-order chi connectivity index (χ0) is 20.2. The van der Waals surface area contributed by atoms with Gasteiger partial charge in [0.2, 0.25) is 0 Å². The minimum absolute atomic E-state index is 0.0773. The van der Waals surface area contributed by atoms with Gasteiger partial charge >= 0.3 is 0 Å². The highest BCUT2D eigenvalue weighted by Gasteiger charge is 2.61. The number of hydrogen-bond donors (Lipinski definition) is 1. The van der Waals surface area contributed by atoms with Crippen LogP contribution in [0.15, 0.2) is 0 Å². The van der Waals surface area contributed by atoms with E-state index >= 15 is 0 Å². The Balaban J connectivity index is 1.52. The van der Waals surface area contributed by atoms with Crippen LogP contribution in [0.25, 0.3) is 0 Å². The van der Waals surface area contributed by atoms with Crippen LogP contribution >= 0.6 is 0 Å². The van der Waals surface area contributed by atoms with E-state index in [1.54, 1.807) is 6.92 Å². The number of rotatable bonds is 2. The minimum atomic E-state index is -0.885. The molecule has 0 heterocycles. The number of ketones is 1. The number of Topliss-reactive ketones (excluding diaryl/α,β-unsaturated/α-hetero) is 1. The summed E-state index contributed by atoms with van der Waals surface area (Å²) in [5, 5.41) is 11.1. The molecule has 8 atom stereocenters. The van der Waals surface area contributed by atoms with Gasteiger partial charge in [-0.2, -0.15) is 0 Å². The van der Waals surface area contributed by atoms with E-state index in [9.17, 15) is 9.90 Å². The van der Waals surface area contributed by atoms with Crippen molar-refractivity contribution in [2.75, 3.05) is 7.11 Å². The molecule has 0 aromatic rings. The van der Waals surface area contributed by atoms with Crippen molar-refractivity contribution >= 4 is 5.78 Å². The maximum absolute atomic E-state index is 11.2. The van der Waals surface area contributed by atoms with E-state index in [0.29, 0.717) is 22.9 Å². The highest BCUT2D eigenvalue weighted by molar-refractivity contribution is 5.78. The predicted molar refractivity (Wildman–Crippen MR) is 111 cm³/mol. The van der Waals surface area contributed by atoms with E-state index < -0.39 is 5.60 Å². The van der Waals surface area contributed by atoms with Gasteiger partial charge in [-0.05, 0) is 99.2 Å². The van der Waals surface area contributed by atoms with Crippen LogP contribution in [0.5, 0.6) is 0 Å². The second-order valence-electron chi connectivity index (χ2n) is 10.9. The second kappa shape index (κ2) is 7.13. The Morgan fingerprint density at radius 3 is 2.50 bits per heavy atom. The van der Waals surface area contributed by atoms with Gasteiger partial charge in [-0.3, -0.25) is 4.79 Å². The van der Waals surface area contributed by atoms with Crippen LogP contribution in [0.4, 0.5) is 0 Å². The molecule has 156 valence electrons. The molecule has 0 unspecified atom stereocenters. The zero-order valence-electron chi connectivity index (χ0n) is 18.2. The number of hydrogen-bond acceptors (Lipinski definition) is 3. The lowest BCUT2D eigenvalue weighted by atomic mass is 9.44. The Morgan fingerprint density at radius 2 is 1.79 bits per heavy atom.